The Balaban J connectivity index is 1.84. The van der Waals surface area contributed by atoms with Crippen LogP contribution < -0.4 is 0 Å². The first-order chi connectivity index (χ1) is 11.5. The van der Waals surface area contributed by atoms with E-state index in [1.165, 1.54) is 4.90 Å². The predicted molar refractivity (Wildman–Crippen MR) is 102 cm³/mol. The molecule has 0 unspecified atom stereocenters. The number of rotatable bonds is 3. The lowest BCUT2D eigenvalue weighted by Gasteiger charge is -2.12. The van der Waals surface area contributed by atoms with Gasteiger partial charge in [-0.25, -0.2) is 0 Å². The third kappa shape index (κ3) is 3.70. The van der Waals surface area contributed by atoms with Gasteiger partial charge in [-0.2, -0.15) is 0 Å². The van der Waals surface area contributed by atoms with Gasteiger partial charge in [0.2, 0.25) is 0 Å². The molecule has 2 aromatic carbocycles. The average Bonchev–Trinajstić information content (AvgIpc) is 2.81. The molecule has 3 rings (SSSR count). The highest BCUT2D eigenvalue weighted by atomic mass is 79.9. The fourth-order valence-corrected chi connectivity index (χ4v) is 3.64. The van der Waals surface area contributed by atoms with Crippen LogP contribution in [-0.2, 0) is 11.3 Å². The van der Waals surface area contributed by atoms with Gasteiger partial charge < -0.3 is 0 Å². The number of hydrogen-bond donors (Lipinski definition) is 0. The van der Waals surface area contributed by atoms with Gasteiger partial charge in [-0.15, -0.1) is 0 Å². The van der Waals surface area contributed by atoms with Crippen molar-refractivity contribution in [3.8, 4) is 0 Å². The molecule has 1 aliphatic rings. The number of benzene rings is 2. The Kier molecular flexibility index (Phi) is 5.35. The Morgan fingerprint density at radius 3 is 2.50 bits per heavy atom. The number of carbonyl (C=O) groups is 2. The molecule has 0 radical (unpaired) electrons. The Bertz CT molecular complexity index is 852. The van der Waals surface area contributed by atoms with Crippen LogP contribution in [0.1, 0.15) is 11.1 Å². The first-order valence-corrected chi connectivity index (χ1v) is 9.26. The lowest BCUT2D eigenvalue weighted by atomic mass is 10.2. The molecule has 0 aromatic heterocycles. The molecular formula is C17H10BrCl2NO2S. The van der Waals surface area contributed by atoms with E-state index in [1.54, 1.807) is 24.3 Å². The summed E-state index contributed by atoms with van der Waals surface area (Å²) >= 11 is 16.4. The Hall–Kier alpha value is -1.27. The zero-order valence-corrected chi connectivity index (χ0v) is 16.0. The van der Waals surface area contributed by atoms with Crippen molar-refractivity contribution in [3.63, 3.8) is 0 Å². The maximum atomic E-state index is 12.5. The topological polar surface area (TPSA) is 37.4 Å². The van der Waals surface area contributed by atoms with Crippen LogP contribution in [0.3, 0.4) is 0 Å². The third-order valence-electron chi connectivity index (χ3n) is 3.40. The normalized spacial score (nSPS) is 16.3. The molecule has 0 spiro atoms. The molecule has 0 saturated carbocycles. The largest absolute Gasteiger partial charge is 0.293 e. The molecule has 0 atom stereocenters. The van der Waals surface area contributed by atoms with Crippen LogP contribution in [0, 0.1) is 0 Å². The highest BCUT2D eigenvalue weighted by molar-refractivity contribution is 9.10. The van der Waals surface area contributed by atoms with Gasteiger partial charge in [0.1, 0.15) is 0 Å². The highest BCUT2D eigenvalue weighted by Crippen LogP contribution is 2.35. The van der Waals surface area contributed by atoms with Crippen LogP contribution >= 0.6 is 50.9 Å². The van der Waals surface area contributed by atoms with Crippen molar-refractivity contribution in [2.24, 2.45) is 0 Å². The molecule has 0 aliphatic carbocycles. The summed E-state index contributed by atoms with van der Waals surface area (Å²) in [6.07, 6.45) is 1.60. The second-order valence-electron chi connectivity index (χ2n) is 5.04. The highest BCUT2D eigenvalue weighted by Gasteiger charge is 2.35. The van der Waals surface area contributed by atoms with Crippen LogP contribution in [0.5, 0.6) is 0 Å². The number of nitrogens with zero attached hydrogens (tertiary/aromatic N) is 1. The summed E-state index contributed by atoms with van der Waals surface area (Å²) in [7, 11) is 0. The van der Waals surface area contributed by atoms with Crippen molar-refractivity contribution in [1.82, 2.24) is 4.90 Å². The van der Waals surface area contributed by atoms with Crippen molar-refractivity contribution < 1.29 is 9.59 Å². The molecule has 1 aliphatic heterocycles. The lowest BCUT2D eigenvalue weighted by molar-refractivity contribution is -0.123. The molecular weight excluding hydrogens is 433 g/mol. The number of amides is 2. The van der Waals surface area contributed by atoms with E-state index in [0.29, 0.717) is 20.5 Å². The minimum absolute atomic E-state index is 0.235. The maximum Gasteiger partial charge on any atom is 0.293 e. The van der Waals surface area contributed by atoms with E-state index in [1.807, 2.05) is 24.3 Å². The van der Waals surface area contributed by atoms with Gasteiger partial charge >= 0.3 is 0 Å². The van der Waals surface area contributed by atoms with Crippen LogP contribution in [0.2, 0.25) is 10.0 Å². The van der Waals surface area contributed by atoms with E-state index in [0.717, 1.165) is 21.8 Å². The third-order valence-corrected chi connectivity index (χ3v) is 5.67. The predicted octanol–water partition coefficient (Wildman–Crippen LogP) is 5.99. The first kappa shape index (κ1) is 17.5. The monoisotopic (exact) mass is 441 g/mol. The van der Waals surface area contributed by atoms with E-state index >= 15 is 0 Å². The van der Waals surface area contributed by atoms with Crippen molar-refractivity contribution in [2.45, 2.75) is 6.54 Å². The summed E-state index contributed by atoms with van der Waals surface area (Å²) in [5.74, 6) is -0.330. The quantitative estimate of drug-likeness (QED) is 0.547. The van der Waals surface area contributed by atoms with Gasteiger partial charge in [0.25, 0.3) is 11.1 Å². The van der Waals surface area contributed by atoms with Gasteiger partial charge in [0.15, 0.2) is 0 Å². The molecule has 1 saturated heterocycles. The second-order valence-corrected chi connectivity index (χ2v) is 7.73. The molecule has 7 heteroatoms. The van der Waals surface area contributed by atoms with Gasteiger partial charge in [0.05, 0.1) is 21.5 Å². The average molecular weight is 443 g/mol. The van der Waals surface area contributed by atoms with Crippen LogP contribution in [0.25, 0.3) is 6.08 Å². The zero-order valence-electron chi connectivity index (χ0n) is 12.1. The summed E-state index contributed by atoms with van der Waals surface area (Å²) in [4.78, 5) is 26.2. The maximum absolute atomic E-state index is 12.5. The molecule has 3 nitrogen and oxygen atoms in total. The van der Waals surface area contributed by atoms with E-state index < -0.39 is 0 Å². The summed E-state index contributed by atoms with van der Waals surface area (Å²) in [5.41, 5.74) is 1.49. The first-order valence-electron chi connectivity index (χ1n) is 6.89. The van der Waals surface area contributed by atoms with Crippen LogP contribution in [-0.4, -0.2) is 16.0 Å². The van der Waals surface area contributed by atoms with Gasteiger partial charge in [0, 0.05) is 4.47 Å². The van der Waals surface area contributed by atoms with E-state index in [-0.39, 0.29) is 17.7 Å². The number of hydrogen-bond acceptors (Lipinski definition) is 3. The molecule has 0 bridgehead atoms. The minimum atomic E-state index is -0.330. The van der Waals surface area contributed by atoms with Gasteiger partial charge in [-0.1, -0.05) is 63.4 Å². The second kappa shape index (κ2) is 7.31. The molecule has 1 heterocycles. The summed E-state index contributed by atoms with van der Waals surface area (Å²) in [5, 5.41) is 0.464. The Morgan fingerprint density at radius 1 is 1.08 bits per heavy atom. The molecule has 1 fully saturated rings. The minimum Gasteiger partial charge on any atom is -0.268 e. The summed E-state index contributed by atoms with van der Waals surface area (Å²) < 4.78 is 0.941. The van der Waals surface area contributed by atoms with Crippen molar-refractivity contribution in [3.05, 3.63) is 73.0 Å². The molecule has 122 valence electrons. The number of halogens is 3. The number of imide groups is 1. The number of carbonyl (C=O) groups excluding carboxylic acids is 2. The number of thioether (sulfide) groups is 1. The molecule has 0 N–H and O–H groups in total. The Morgan fingerprint density at radius 2 is 1.79 bits per heavy atom. The van der Waals surface area contributed by atoms with Crippen molar-refractivity contribution >= 4 is 68.1 Å². The SMILES string of the molecule is O=C1S/C(=C/c2cccc(Cl)c2Cl)C(=O)N1Cc1ccc(Br)cc1. The lowest BCUT2D eigenvalue weighted by Crippen LogP contribution is -2.27. The van der Waals surface area contributed by atoms with E-state index in [9.17, 15) is 9.59 Å². The standard InChI is InChI=1S/C17H10BrCl2NO2S/c18-12-6-4-10(5-7-12)9-21-16(22)14(24-17(21)23)8-11-2-1-3-13(19)15(11)20/h1-8H,9H2/b14-8+. The zero-order chi connectivity index (χ0) is 17.3. The fraction of sp³-hybridized carbons (Fsp3) is 0.0588. The van der Waals surface area contributed by atoms with Gasteiger partial charge in [-0.3, -0.25) is 14.5 Å². The smallest absolute Gasteiger partial charge is 0.268 e. The molecule has 2 aromatic rings. The van der Waals surface area contributed by atoms with Crippen LogP contribution in [0.4, 0.5) is 4.79 Å². The fourth-order valence-electron chi connectivity index (χ4n) is 2.18. The van der Waals surface area contributed by atoms with Crippen molar-refractivity contribution in [1.29, 1.82) is 0 Å². The summed E-state index contributed by atoms with van der Waals surface area (Å²) in [6.45, 7) is 0.235. The van der Waals surface area contributed by atoms with E-state index in [2.05, 4.69) is 15.9 Å². The van der Waals surface area contributed by atoms with Crippen molar-refractivity contribution in [2.75, 3.05) is 0 Å². The summed E-state index contributed by atoms with van der Waals surface area (Å²) in [6, 6.07) is 12.6. The van der Waals surface area contributed by atoms with E-state index in [4.69, 9.17) is 23.2 Å². The Labute approximate surface area is 161 Å². The van der Waals surface area contributed by atoms with Crippen LogP contribution in [0.15, 0.2) is 51.8 Å². The van der Waals surface area contributed by atoms with Gasteiger partial charge in [-0.05, 0) is 47.2 Å². The molecule has 2 amide bonds. The molecule has 24 heavy (non-hydrogen) atoms.